The molecule has 0 unspecified atom stereocenters. The lowest BCUT2D eigenvalue weighted by Crippen LogP contribution is -2.25. The van der Waals surface area contributed by atoms with Crippen molar-refractivity contribution in [2.45, 2.75) is 23.9 Å². The molecule has 3 heterocycles. The zero-order chi connectivity index (χ0) is 20.8. The van der Waals surface area contributed by atoms with Crippen molar-refractivity contribution in [1.29, 1.82) is 0 Å². The summed E-state index contributed by atoms with van der Waals surface area (Å²) in [5.41, 5.74) is 1.46. The van der Waals surface area contributed by atoms with Crippen molar-refractivity contribution in [2.24, 2.45) is 7.05 Å². The second-order valence-electron chi connectivity index (χ2n) is 7.20. The quantitative estimate of drug-likeness (QED) is 0.550. The zero-order valence-electron chi connectivity index (χ0n) is 16.4. The van der Waals surface area contributed by atoms with Gasteiger partial charge < -0.3 is 9.88 Å². The Morgan fingerprint density at radius 2 is 1.93 bits per heavy atom. The van der Waals surface area contributed by atoms with E-state index in [1.54, 1.807) is 36.0 Å². The van der Waals surface area contributed by atoms with Crippen LogP contribution in [0, 0.1) is 0 Å². The van der Waals surface area contributed by atoms with Gasteiger partial charge in [0.05, 0.1) is 5.39 Å². The Kier molecular flexibility index (Phi) is 4.39. The minimum atomic E-state index is -0.380. The minimum Gasteiger partial charge on any atom is -0.321 e. The standard InChI is InChI=1S/C21H18N6O2S/c1-12-11-27-18(23-24-21(27)30-12)13-6-5-7-14(10-13)22-19(28)17-15-8-3-4-9-16(15)20(29)26(2)25-17/h3-10,12H,11H2,1-2H3,(H,22,28)/t12-/m0/s1. The number of fused-ring (bicyclic) bond motifs is 2. The first-order valence-electron chi connectivity index (χ1n) is 9.49. The van der Waals surface area contributed by atoms with Crippen LogP contribution in [0.25, 0.3) is 22.2 Å². The predicted molar refractivity (Wildman–Crippen MR) is 116 cm³/mol. The fourth-order valence-corrected chi connectivity index (χ4v) is 4.58. The molecule has 1 amide bonds. The highest BCUT2D eigenvalue weighted by molar-refractivity contribution is 7.99. The molecule has 0 saturated carbocycles. The lowest BCUT2D eigenvalue weighted by molar-refractivity contribution is 0.102. The topological polar surface area (TPSA) is 94.7 Å². The number of nitrogens with zero attached hydrogens (tertiary/aromatic N) is 5. The van der Waals surface area contributed by atoms with Gasteiger partial charge in [0.1, 0.15) is 0 Å². The predicted octanol–water partition coefficient (Wildman–Crippen LogP) is 2.94. The van der Waals surface area contributed by atoms with Crippen LogP contribution in [0.15, 0.2) is 58.5 Å². The first-order chi connectivity index (χ1) is 14.5. The molecule has 1 atom stereocenters. The second kappa shape index (κ2) is 7.10. The van der Waals surface area contributed by atoms with Gasteiger partial charge in [-0.25, -0.2) is 4.68 Å². The molecule has 0 fully saturated rings. The SMILES string of the molecule is C[C@H]1Cn2c(nnc2-c2cccc(NC(=O)c3nn(C)c(=O)c4ccccc34)c2)S1. The number of anilines is 1. The fraction of sp³-hybridized carbons (Fsp3) is 0.190. The third-order valence-electron chi connectivity index (χ3n) is 5.01. The van der Waals surface area contributed by atoms with Crippen molar-refractivity contribution in [1.82, 2.24) is 24.5 Å². The second-order valence-corrected chi connectivity index (χ2v) is 8.61. The lowest BCUT2D eigenvalue weighted by Gasteiger charge is -2.10. The van der Waals surface area contributed by atoms with Gasteiger partial charge in [-0.15, -0.1) is 10.2 Å². The van der Waals surface area contributed by atoms with Crippen molar-refractivity contribution >= 4 is 34.1 Å². The summed E-state index contributed by atoms with van der Waals surface area (Å²) >= 11 is 1.71. The molecule has 2 aromatic heterocycles. The van der Waals surface area contributed by atoms with Gasteiger partial charge in [-0.3, -0.25) is 9.59 Å². The van der Waals surface area contributed by atoms with E-state index >= 15 is 0 Å². The first kappa shape index (κ1) is 18.6. The maximum Gasteiger partial charge on any atom is 0.276 e. The molecule has 2 aromatic carbocycles. The van der Waals surface area contributed by atoms with Crippen molar-refractivity contribution in [3.63, 3.8) is 0 Å². The molecule has 1 aliphatic heterocycles. The summed E-state index contributed by atoms with van der Waals surface area (Å²) in [5.74, 6) is 0.401. The number of amides is 1. The Morgan fingerprint density at radius 1 is 1.13 bits per heavy atom. The van der Waals surface area contributed by atoms with Crippen molar-refractivity contribution in [3.8, 4) is 11.4 Å². The number of benzene rings is 2. The van der Waals surface area contributed by atoms with Gasteiger partial charge in [0.15, 0.2) is 16.7 Å². The molecule has 0 aliphatic carbocycles. The number of nitrogens with one attached hydrogen (secondary N) is 1. The van der Waals surface area contributed by atoms with E-state index in [2.05, 4.69) is 32.1 Å². The maximum absolute atomic E-state index is 13.0. The van der Waals surface area contributed by atoms with Crippen LogP contribution in [0.3, 0.4) is 0 Å². The van der Waals surface area contributed by atoms with Crippen molar-refractivity contribution in [3.05, 3.63) is 64.6 Å². The number of rotatable bonds is 3. The van der Waals surface area contributed by atoms with Gasteiger partial charge in [-0.2, -0.15) is 5.10 Å². The molecule has 4 aromatic rings. The molecule has 1 N–H and O–H groups in total. The normalized spacial score (nSPS) is 15.3. The van der Waals surface area contributed by atoms with Gasteiger partial charge in [-0.05, 0) is 18.2 Å². The Morgan fingerprint density at radius 3 is 2.77 bits per heavy atom. The van der Waals surface area contributed by atoms with E-state index in [0.29, 0.717) is 21.7 Å². The van der Waals surface area contributed by atoms with E-state index in [9.17, 15) is 9.59 Å². The third-order valence-corrected chi connectivity index (χ3v) is 6.08. The largest absolute Gasteiger partial charge is 0.321 e. The molecule has 9 heteroatoms. The molecule has 0 radical (unpaired) electrons. The molecule has 150 valence electrons. The third kappa shape index (κ3) is 3.07. The number of thioether (sulfide) groups is 1. The average molecular weight is 418 g/mol. The summed E-state index contributed by atoms with van der Waals surface area (Å²) in [7, 11) is 1.54. The van der Waals surface area contributed by atoms with Crippen LogP contribution in [0.5, 0.6) is 0 Å². The van der Waals surface area contributed by atoms with Gasteiger partial charge >= 0.3 is 0 Å². The Labute approximate surface area is 175 Å². The summed E-state index contributed by atoms with van der Waals surface area (Å²) in [6.45, 7) is 3.01. The van der Waals surface area contributed by atoms with E-state index in [1.165, 1.54) is 11.7 Å². The number of hydrogen-bond acceptors (Lipinski definition) is 6. The highest BCUT2D eigenvalue weighted by Gasteiger charge is 2.24. The summed E-state index contributed by atoms with van der Waals surface area (Å²) in [5, 5.41) is 18.0. The van der Waals surface area contributed by atoms with Gasteiger partial charge in [-0.1, -0.05) is 49.0 Å². The molecule has 1 aliphatic rings. The summed E-state index contributed by atoms with van der Waals surface area (Å²) in [4.78, 5) is 25.3. The van der Waals surface area contributed by atoms with Crippen molar-refractivity contribution in [2.75, 3.05) is 5.32 Å². The van der Waals surface area contributed by atoms with Crippen LogP contribution < -0.4 is 10.9 Å². The first-order valence-corrected chi connectivity index (χ1v) is 10.4. The number of carbonyl (C=O) groups is 1. The van der Waals surface area contributed by atoms with Gasteiger partial charge in [0.25, 0.3) is 11.5 Å². The van der Waals surface area contributed by atoms with E-state index in [1.807, 2.05) is 24.3 Å². The van der Waals surface area contributed by atoms with E-state index < -0.39 is 0 Å². The summed E-state index contributed by atoms with van der Waals surface area (Å²) in [6, 6.07) is 14.5. The van der Waals surface area contributed by atoms with Crippen LogP contribution in [0.1, 0.15) is 17.4 Å². The highest BCUT2D eigenvalue weighted by atomic mass is 32.2. The van der Waals surface area contributed by atoms with Gasteiger partial charge in [0.2, 0.25) is 0 Å². The molecule has 8 nitrogen and oxygen atoms in total. The molecule has 5 rings (SSSR count). The summed E-state index contributed by atoms with van der Waals surface area (Å²) in [6.07, 6.45) is 0. The monoisotopic (exact) mass is 418 g/mol. The molecular formula is C21H18N6O2S. The number of aromatic nitrogens is 5. The number of hydrogen-bond donors (Lipinski definition) is 1. The van der Waals surface area contributed by atoms with Crippen LogP contribution in [-0.2, 0) is 13.6 Å². The molecule has 30 heavy (non-hydrogen) atoms. The van der Waals surface area contributed by atoms with E-state index in [0.717, 1.165) is 23.1 Å². The fourth-order valence-electron chi connectivity index (χ4n) is 3.62. The van der Waals surface area contributed by atoms with Gasteiger partial charge in [0, 0.05) is 35.5 Å². The van der Waals surface area contributed by atoms with Crippen LogP contribution in [-0.4, -0.2) is 35.7 Å². The minimum absolute atomic E-state index is 0.201. The lowest BCUT2D eigenvalue weighted by atomic mass is 10.1. The van der Waals surface area contributed by atoms with Crippen LogP contribution in [0.4, 0.5) is 5.69 Å². The summed E-state index contributed by atoms with van der Waals surface area (Å²) < 4.78 is 3.28. The van der Waals surface area contributed by atoms with Crippen LogP contribution >= 0.6 is 11.8 Å². The number of carbonyl (C=O) groups excluding carboxylic acids is 1. The van der Waals surface area contributed by atoms with Crippen LogP contribution in [0.2, 0.25) is 0 Å². The molecule has 0 bridgehead atoms. The number of aryl methyl sites for hydroxylation is 1. The van der Waals surface area contributed by atoms with Crippen molar-refractivity contribution < 1.29 is 4.79 Å². The zero-order valence-corrected chi connectivity index (χ0v) is 17.2. The molecular weight excluding hydrogens is 400 g/mol. The molecule has 0 saturated heterocycles. The van der Waals surface area contributed by atoms with E-state index in [4.69, 9.17) is 0 Å². The molecule has 0 spiro atoms. The Bertz CT molecular complexity index is 1360. The highest BCUT2D eigenvalue weighted by Crippen LogP contribution is 2.34. The smallest absolute Gasteiger partial charge is 0.276 e. The van der Waals surface area contributed by atoms with E-state index in [-0.39, 0.29) is 17.2 Å². The Hall–Kier alpha value is -3.46. The average Bonchev–Trinajstić information content (AvgIpc) is 3.29. The Balaban J connectivity index is 1.49. The maximum atomic E-state index is 13.0.